The maximum absolute atomic E-state index is 13.0. The highest BCUT2D eigenvalue weighted by Gasteiger charge is 2.38. The Balaban J connectivity index is 1.35. The van der Waals surface area contributed by atoms with Crippen LogP contribution in [0.1, 0.15) is 25.7 Å². The lowest BCUT2D eigenvalue weighted by Crippen LogP contribution is -2.54. The van der Waals surface area contributed by atoms with Gasteiger partial charge in [-0.3, -0.25) is 4.79 Å². The predicted octanol–water partition coefficient (Wildman–Crippen LogP) is 0.178. The Labute approximate surface area is 166 Å². The van der Waals surface area contributed by atoms with Crippen LogP contribution < -0.4 is 4.90 Å². The molecule has 3 aliphatic heterocycles. The molecule has 1 amide bonds. The largest absolute Gasteiger partial charge is 0.339 e. The summed E-state index contributed by atoms with van der Waals surface area (Å²) in [7, 11) is -3.43. The van der Waals surface area contributed by atoms with Crippen molar-refractivity contribution >= 4 is 22.1 Å². The second kappa shape index (κ2) is 8.30. The van der Waals surface area contributed by atoms with Gasteiger partial charge < -0.3 is 9.80 Å². The third kappa shape index (κ3) is 3.99. The Morgan fingerprint density at radius 1 is 0.893 bits per heavy atom. The van der Waals surface area contributed by atoms with E-state index in [-0.39, 0.29) is 11.8 Å². The van der Waals surface area contributed by atoms with Crippen molar-refractivity contribution in [2.45, 2.75) is 25.7 Å². The fourth-order valence-electron chi connectivity index (χ4n) is 4.28. The molecule has 3 fully saturated rings. The van der Waals surface area contributed by atoms with Crippen LogP contribution in [0.4, 0.5) is 5.95 Å². The van der Waals surface area contributed by atoms with Gasteiger partial charge in [0.2, 0.25) is 11.9 Å². The summed E-state index contributed by atoms with van der Waals surface area (Å²) in [5, 5.41) is 0. The zero-order valence-electron chi connectivity index (χ0n) is 16.1. The van der Waals surface area contributed by atoms with E-state index in [1.54, 1.807) is 22.8 Å². The molecule has 10 heteroatoms. The molecule has 0 aromatic carbocycles. The van der Waals surface area contributed by atoms with E-state index in [0.717, 1.165) is 25.7 Å². The molecular formula is C18H28N6O3S. The first kappa shape index (κ1) is 19.5. The van der Waals surface area contributed by atoms with Gasteiger partial charge in [-0.05, 0) is 31.7 Å². The molecule has 0 radical (unpaired) electrons. The van der Waals surface area contributed by atoms with E-state index in [2.05, 4.69) is 14.9 Å². The van der Waals surface area contributed by atoms with Crippen LogP contribution in [0.15, 0.2) is 18.5 Å². The summed E-state index contributed by atoms with van der Waals surface area (Å²) in [5.74, 6) is 0.524. The number of hydrogen-bond donors (Lipinski definition) is 0. The molecule has 0 saturated carbocycles. The van der Waals surface area contributed by atoms with Gasteiger partial charge in [0.15, 0.2) is 0 Å². The molecule has 1 aromatic heterocycles. The minimum Gasteiger partial charge on any atom is -0.339 e. The third-order valence-corrected chi connectivity index (χ3v) is 7.88. The molecule has 0 aliphatic carbocycles. The van der Waals surface area contributed by atoms with E-state index in [1.807, 2.05) is 4.90 Å². The SMILES string of the molecule is O=C(C1CCCN(S(=O)(=O)N2CCCC2)C1)N1CCN(c2ncccn2)CC1. The Bertz CT molecular complexity index is 776. The van der Waals surface area contributed by atoms with Crippen LogP contribution in [0.3, 0.4) is 0 Å². The highest BCUT2D eigenvalue weighted by atomic mass is 32.2. The molecule has 9 nitrogen and oxygen atoms in total. The minimum absolute atomic E-state index is 0.0787. The summed E-state index contributed by atoms with van der Waals surface area (Å²) in [5.41, 5.74) is 0. The molecule has 4 rings (SSSR count). The maximum Gasteiger partial charge on any atom is 0.281 e. The van der Waals surface area contributed by atoms with Gasteiger partial charge in [0.05, 0.1) is 5.92 Å². The summed E-state index contributed by atoms with van der Waals surface area (Å²) in [6.45, 7) is 4.64. The van der Waals surface area contributed by atoms with Crippen LogP contribution in [0.25, 0.3) is 0 Å². The second-order valence-corrected chi connectivity index (χ2v) is 9.60. The van der Waals surface area contributed by atoms with Crippen molar-refractivity contribution in [2.24, 2.45) is 5.92 Å². The summed E-state index contributed by atoms with van der Waals surface area (Å²) < 4.78 is 28.8. The molecule has 1 atom stereocenters. The number of aromatic nitrogens is 2. The zero-order valence-corrected chi connectivity index (χ0v) is 16.9. The maximum atomic E-state index is 13.0. The number of carbonyl (C=O) groups is 1. The monoisotopic (exact) mass is 408 g/mol. The fourth-order valence-corrected chi connectivity index (χ4v) is 6.05. The van der Waals surface area contributed by atoms with Gasteiger partial charge in [-0.15, -0.1) is 0 Å². The third-order valence-electron chi connectivity index (χ3n) is 5.88. The number of rotatable bonds is 4. The number of anilines is 1. The number of nitrogens with zero attached hydrogens (tertiary/aromatic N) is 6. The van der Waals surface area contributed by atoms with Gasteiger partial charge in [-0.25, -0.2) is 9.97 Å². The van der Waals surface area contributed by atoms with E-state index in [4.69, 9.17) is 0 Å². The molecule has 0 spiro atoms. The normalized spacial score (nSPS) is 25.2. The number of amides is 1. The summed E-state index contributed by atoms with van der Waals surface area (Å²) in [4.78, 5) is 25.5. The van der Waals surface area contributed by atoms with Crippen LogP contribution in [0, 0.1) is 5.92 Å². The lowest BCUT2D eigenvalue weighted by molar-refractivity contribution is -0.137. The number of carbonyl (C=O) groups excluding carboxylic acids is 1. The molecule has 0 N–H and O–H groups in total. The lowest BCUT2D eigenvalue weighted by atomic mass is 9.98. The van der Waals surface area contributed by atoms with Crippen molar-refractivity contribution in [2.75, 3.05) is 57.3 Å². The van der Waals surface area contributed by atoms with E-state index in [1.165, 1.54) is 4.31 Å². The van der Waals surface area contributed by atoms with E-state index in [0.29, 0.717) is 58.3 Å². The minimum atomic E-state index is -3.43. The molecule has 154 valence electrons. The molecule has 3 saturated heterocycles. The summed E-state index contributed by atoms with van der Waals surface area (Å²) in [6.07, 6.45) is 6.78. The average Bonchev–Trinajstić information content (AvgIpc) is 3.30. The fraction of sp³-hybridized carbons (Fsp3) is 0.722. The molecular weight excluding hydrogens is 380 g/mol. The Morgan fingerprint density at radius 2 is 1.54 bits per heavy atom. The molecule has 1 aromatic rings. The van der Waals surface area contributed by atoms with Gasteiger partial charge in [-0.2, -0.15) is 17.0 Å². The predicted molar refractivity (Wildman–Crippen MR) is 105 cm³/mol. The summed E-state index contributed by atoms with van der Waals surface area (Å²) in [6, 6.07) is 1.79. The molecule has 0 bridgehead atoms. The van der Waals surface area contributed by atoms with Crippen LogP contribution >= 0.6 is 0 Å². The van der Waals surface area contributed by atoms with E-state index >= 15 is 0 Å². The van der Waals surface area contributed by atoms with Crippen molar-refractivity contribution in [3.8, 4) is 0 Å². The van der Waals surface area contributed by atoms with Crippen molar-refractivity contribution in [1.29, 1.82) is 0 Å². The van der Waals surface area contributed by atoms with Crippen LogP contribution in [-0.4, -0.2) is 90.2 Å². The van der Waals surface area contributed by atoms with Crippen LogP contribution in [-0.2, 0) is 15.0 Å². The van der Waals surface area contributed by atoms with Gasteiger partial charge in [0, 0.05) is 64.8 Å². The topological polar surface area (TPSA) is 90.0 Å². The Hall–Kier alpha value is -1.78. The smallest absolute Gasteiger partial charge is 0.281 e. The first-order valence-corrected chi connectivity index (χ1v) is 11.5. The Morgan fingerprint density at radius 3 is 2.21 bits per heavy atom. The average molecular weight is 409 g/mol. The number of piperazine rings is 1. The molecule has 3 aliphatic rings. The quantitative estimate of drug-likeness (QED) is 0.706. The first-order valence-electron chi connectivity index (χ1n) is 10.1. The van der Waals surface area contributed by atoms with Crippen LogP contribution in [0.5, 0.6) is 0 Å². The van der Waals surface area contributed by atoms with E-state index < -0.39 is 10.2 Å². The summed E-state index contributed by atoms with van der Waals surface area (Å²) >= 11 is 0. The van der Waals surface area contributed by atoms with E-state index in [9.17, 15) is 13.2 Å². The first-order chi connectivity index (χ1) is 13.6. The molecule has 4 heterocycles. The lowest BCUT2D eigenvalue weighted by Gasteiger charge is -2.39. The van der Waals surface area contributed by atoms with Crippen molar-refractivity contribution in [3.63, 3.8) is 0 Å². The number of hydrogen-bond acceptors (Lipinski definition) is 6. The van der Waals surface area contributed by atoms with Gasteiger partial charge in [-0.1, -0.05) is 0 Å². The van der Waals surface area contributed by atoms with Crippen LogP contribution in [0.2, 0.25) is 0 Å². The van der Waals surface area contributed by atoms with Gasteiger partial charge in [0.25, 0.3) is 10.2 Å². The zero-order chi connectivity index (χ0) is 19.6. The highest BCUT2D eigenvalue weighted by Crippen LogP contribution is 2.25. The highest BCUT2D eigenvalue weighted by molar-refractivity contribution is 7.86. The Kier molecular flexibility index (Phi) is 5.79. The van der Waals surface area contributed by atoms with Gasteiger partial charge >= 0.3 is 0 Å². The van der Waals surface area contributed by atoms with Crippen molar-refractivity contribution < 1.29 is 13.2 Å². The molecule has 1 unspecified atom stereocenters. The van der Waals surface area contributed by atoms with Gasteiger partial charge in [0.1, 0.15) is 0 Å². The standard InChI is InChI=1S/C18H28N6O3S/c25-17(21-11-13-22(14-12-21)18-19-6-4-7-20-18)16-5-3-10-24(15-16)28(26,27)23-8-1-2-9-23/h4,6-7,16H,1-3,5,8-15H2. The van der Waals surface area contributed by atoms with Crippen molar-refractivity contribution in [3.05, 3.63) is 18.5 Å². The van der Waals surface area contributed by atoms with Crippen molar-refractivity contribution in [1.82, 2.24) is 23.5 Å². The second-order valence-electron chi connectivity index (χ2n) is 7.67. The molecule has 28 heavy (non-hydrogen) atoms. The number of piperidine rings is 1.